The molecule has 1 N–H and O–H groups in total. The molecule has 146 valence electrons. The number of nitrogens with one attached hydrogen (secondary N) is 1. The van der Waals surface area contributed by atoms with Crippen molar-refractivity contribution in [2.75, 3.05) is 25.0 Å². The highest BCUT2D eigenvalue weighted by Crippen LogP contribution is 2.16. The van der Waals surface area contributed by atoms with Gasteiger partial charge < -0.3 is 15.1 Å². The lowest BCUT2D eigenvalue weighted by atomic mass is 10.1. The van der Waals surface area contributed by atoms with Gasteiger partial charge in [0.25, 0.3) is 11.8 Å². The first-order valence-electron chi connectivity index (χ1n) is 9.25. The fraction of sp³-hybridized carbons (Fsp3) is 0.500. The van der Waals surface area contributed by atoms with Crippen molar-refractivity contribution in [3.63, 3.8) is 0 Å². The standard InChI is InChI=1S/C20H27N3O4/c1-14-8-9-17(15(2)12-14)21-20(26)19(16(3)24)22-27-13-18(25)23-10-6-4-5-7-11-23/h8-9,12H,4-7,10-11,13H2,1-3H3,(H,21,26). The van der Waals surface area contributed by atoms with Crippen molar-refractivity contribution in [1.82, 2.24) is 4.90 Å². The van der Waals surface area contributed by atoms with Crippen LogP contribution in [0.5, 0.6) is 0 Å². The predicted molar refractivity (Wildman–Crippen MR) is 104 cm³/mol. The Bertz CT molecular complexity index is 735. The lowest BCUT2D eigenvalue weighted by molar-refractivity contribution is -0.136. The highest BCUT2D eigenvalue weighted by Gasteiger charge is 2.20. The molecule has 2 rings (SSSR count). The van der Waals surface area contributed by atoms with E-state index in [1.165, 1.54) is 6.92 Å². The molecule has 2 amide bonds. The van der Waals surface area contributed by atoms with Gasteiger partial charge in [-0.3, -0.25) is 14.4 Å². The van der Waals surface area contributed by atoms with Crippen molar-refractivity contribution in [2.24, 2.45) is 5.16 Å². The molecule has 1 heterocycles. The minimum atomic E-state index is -0.656. The van der Waals surface area contributed by atoms with E-state index in [0.717, 1.165) is 36.8 Å². The second-order valence-electron chi connectivity index (χ2n) is 6.84. The summed E-state index contributed by atoms with van der Waals surface area (Å²) in [5.41, 5.74) is 2.18. The van der Waals surface area contributed by atoms with Gasteiger partial charge in [-0.05, 0) is 38.3 Å². The predicted octanol–water partition coefficient (Wildman–Crippen LogP) is 2.61. The van der Waals surface area contributed by atoms with E-state index in [1.54, 1.807) is 11.0 Å². The third kappa shape index (κ3) is 6.20. The molecule has 0 aliphatic carbocycles. The van der Waals surface area contributed by atoms with Crippen LogP contribution in [0.1, 0.15) is 43.7 Å². The van der Waals surface area contributed by atoms with Gasteiger partial charge >= 0.3 is 0 Å². The molecule has 1 aliphatic rings. The van der Waals surface area contributed by atoms with Crippen molar-refractivity contribution in [3.05, 3.63) is 29.3 Å². The van der Waals surface area contributed by atoms with Gasteiger partial charge in [0.05, 0.1) is 0 Å². The lowest BCUT2D eigenvalue weighted by Crippen LogP contribution is -2.35. The number of aryl methyl sites for hydroxylation is 2. The molecular weight excluding hydrogens is 346 g/mol. The van der Waals surface area contributed by atoms with Crippen LogP contribution in [0.15, 0.2) is 23.4 Å². The van der Waals surface area contributed by atoms with E-state index < -0.39 is 11.7 Å². The maximum atomic E-state index is 12.4. The first-order valence-corrected chi connectivity index (χ1v) is 9.25. The summed E-state index contributed by atoms with van der Waals surface area (Å²) in [5, 5.41) is 6.30. The van der Waals surface area contributed by atoms with E-state index in [2.05, 4.69) is 10.5 Å². The molecule has 0 aromatic heterocycles. The van der Waals surface area contributed by atoms with Crippen molar-refractivity contribution in [1.29, 1.82) is 0 Å². The van der Waals surface area contributed by atoms with Crippen LogP contribution in [-0.2, 0) is 19.2 Å². The summed E-state index contributed by atoms with van der Waals surface area (Å²) in [7, 11) is 0. The van der Waals surface area contributed by atoms with Gasteiger partial charge in [0.2, 0.25) is 5.71 Å². The zero-order valence-electron chi connectivity index (χ0n) is 16.2. The van der Waals surface area contributed by atoms with Crippen molar-refractivity contribution < 1.29 is 19.2 Å². The SMILES string of the molecule is CC(=O)C(=NOCC(=O)N1CCCCCC1)C(=O)Nc1ccc(C)cc1C. The fourth-order valence-corrected chi connectivity index (χ4v) is 2.96. The van der Waals surface area contributed by atoms with Gasteiger partial charge in [0.1, 0.15) is 0 Å². The molecule has 27 heavy (non-hydrogen) atoms. The Morgan fingerprint density at radius 3 is 2.37 bits per heavy atom. The molecule has 1 fully saturated rings. The van der Waals surface area contributed by atoms with Crippen LogP contribution in [0.4, 0.5) is 5.69 Å². The molecule has 0 atom stereocenters. The number of nitrogens with zero attached hydrogens (tertiary/aromatic N) is 2. The molecule has 7 heteroatoms. The topological polar surface area (TPSA) is 88.1 Å². The fourth-order valence-electron chi connectivity index (χ4n) is 2.96. The summed E-state index contributed by atoms with van der Waals surface area (Å²) >= 11 is 0. The maximum Gasteiger partial charge on any atom is 0.281 e. The molecule has 1 aromatic rings. The number of carbonyl (C=O) groups is 3. The van der Waals surface area contributed by atoms with Gasteiger partial charge in [-0.1, -0.05) is 35.7 Å². The van der Waals surface area contributed by atoms with Crippen LogP contribution in [0, 0.1) is 13.8 Å². The maximum absolute atomic E-state index is 12.4. The molecule has 0 unspecified atom stereocenters. The molecule has 0 bridgehead atoms. The number of anilines is 1. The van der Waals surface area contributed by atoms with Crippen LogP contribution in [0.25, 0.3) is 0 Å². The Morgan fingerprint density at radius 1 is 1.11 bits per heavy atom. The van der Waals surface area contributed by atoms with Crippen molar-refractivity contribution >= 4 is 29.0 Å². The number of rotatable bonds is 6. The lowest BCUT2D eigenvalue weighted by Gasteiger charge is -2.19. The molecule has 0 saturated carbocycles. The number of oxime groups is 1. The Morgan fingerprint density at radius 2 is 1.78 bits per heavy atom. The summed E-state index contributed by atoms with van der Waals surface area (Å²) in [6.07, 6.45) is 4.20. The quantitative estimate of drug-likeness (QED) is 0.472. The highest BCUT2D eigenvalue weighted by atomic mass is 16.6. The molecule has 1 aliphatic heterocycles. The summed E-state index contributed by atoms with van der Waals surface area (Å²) in [4.78, 5) is 43.1. The number of likely N-dealkylation sites (tertiary alicyclic amines) is 1. The molecule has 1 aromatic carbocycles. The van der Waals surface area contributed by atoms with Crippen molar-refractivity contribution in [3.8, 4) is 0 Å². The van der Waals surface area contributed by atoms with Gasteiger partial charge in [0.15, 0.2) is 12.4 Å². The third-order valence-corrected chi connectivity index (χ3v) is 4.48. The average molecular weight is 373 g/mol. The zero-order chi connectivity index (χ0) is 19.8. The van der Waals surface area contributed by atoms with Gasteiger partial charge in [-0.15, -0.1) is 0 Å². The Labute approximate surface area is 159 Å². The van der Waals surface area contributed by atoms with E-state index in [1.807, 2.05) is 26.0 Å². The Balaban J connectivity index is 1.97. The summed E-state index contributed by atoms with van der Waals surface area (Å²) < 4.78 is 0. The largest absolute Gasteiger partial charge is 0.385 e. The van der Waals surface area contributed by atoms with Gasteiger partial charge in [-0.25, -0.2) is 0 Å². The van der Waals surface area contributed by atoms with Crippen LogP contribution >= 0.6 is 0 Å². The molecule has 7 nitrogen and oxygen atoms in total. The number of hydrogen-bond acceptors (Lipinski definition) is 5. The van der Waals surface area contributed by atoms with E-state index >= 15 is 0 Å². The summed E-state index contributed by atoms with van der Waals surface area (Å²) in [6, 6.07) is 5.56. The first kappa shape index (κ1) is 20.6. The normalized spacial score (nSPS) is 15.1. The minimum absolute atomic E-state index is 0.182. The average Bonchev–Trinajstić information content (AvgIpc) is 2.90. The number of hydrogen-bond donors (Lipinski definition) is 1. The van der Waals surface area contributed by atoms with E-state index in [0.29, 0.717) is 18.8 Å². The summed E-state index contributed by atoms with van der Waals surface area (Å²) in [5.74, 6) is -1.37. The molecule has 0 radical (unpaired) electrons. The molecule has 0 spiro atoms. The Hall–Kier alpha value is -2.70. The number of benzene rings is 1. The van der Waals surface area contributed by atoms with E-state index in [4.69, 9.17) is 4.84 Å². The van der Waals surface area contributed by atoms with Gasteiger partial charge in [-0.2, -0.15) is 0 Å². The van der Waals surface area contributed by atoms with Gasteiger partial charge in [0, 0.05) is 25.7 Å². The van der Waals surface area contributed by atoms with Crippen LogP contribution in [-0.4, -0.2) is 47.9 Å². The van der Waals surface area contributed by atoms with Crippen LogP contribution < -0.4 is 5.32 Å². The smallest absolute Gasteiger partial charge is 0.281 e. The first-order chi connectivity index (χ1) is 12.9. The van der Waals surface area contributed by atoms with Crippen LogP contribution in [0.2, 0.25) is 0 Å². The minimum Gasteiger partial charge on any atom is -0.385 e. The summed E-state index contributed by atoms with van der Waals surface area (Å²) in [6.45, 7) is 6.19. The monoisotopic (exact) mass is 373 g/mol. The van der Waals surface area contributed by atoms with Crippen molar-refractivity contribution in [2.45, 2.75) is 46.5 Å². The van der Waals surface area contributed by atoms with Crippen LogP contribution in [0.3, 0.4) is 0 Å². The second kappa shape index (κ2) is 9.85. The second-order valence-corrected chi connectivity index (χ2v) is 6.84. The zero-order valence-corrected chi connectivity index (χ0v) is 16.2. The Kier molecular flexibility index (Phi) is 7.52. The number of ketones is 1. The molecule has 1 saturated heterocycles. The number of Topliss-reactive ketones (excluding diaryl/α,β-unsaturated/α-hetero) is 1. The number of carbonyl (C=O) groups excluding carboxylic acids is 3. The molecular formula is C20H27N3O4. The third-order valence-electron chi connectivity index (χ3n) is 4.48. The van der Waals surface area contributed by atoms with E-state index in [-0.39, 0.29) is 18.2 Å². The van der Waals surface area contributed by atoms with E-state index in [9.17, 15) is 14.4 Å². The number of amides is 2. The highest BCUT2D eigenvalue weighted by molar-refractivity contribution is 6.67.